The molecule has 0 fully saturated rings. The summed E-state index contributed by atoms with van der Waals surface area (Å²) in [5.41, 5.74) is 6.46. The number of aromatic nitrogens is 2. The zero-order valence-corrected chi connectivity index (χ0v) is 13.3. The Hall–Kier alpha value is -1.96. The molecule has 0 aliphatic heterocycles. The van der Waals surface area contributed by atoms with Gasteiger partial charge >= 0.3 is 0 Å². The van der Waals surface area contributed by atoms with Gasteiger partial charge < -0.3 is 5.73 Å². The van der Waals surface area contributed by atoms with Gasteiger partial charge in [-0.25, -0.2) is 13.4 Å². The van der Waals surface area contributed by atoms with Crippen LogP contribution in [0.15, 0.2) is 47.4 Å². The smallest absolute Gasteiger partial charge is 0.263 e. The Balaban J connectivity index is 2.10. The Labute approximate surface area is 136 Å². The van der Waals surface area contributed by atoms with Gasteiger partial charge in [0.1, 0.15) is 10.8 Å². The van der Waals surface area contributed by atoms with Gasteiger partial charge in [-0.2, -0.15) is 0 Å². The van der Waals surface area contributed by atoms with Crippen molar-refractivity contribution in [1.82, 2.24) is 9.38 Å². The van der Waals surface area contributed by atoms with E-state index in [1.165, 1.54) is 28.7 Å². The molecule has 3 aromatic rings. The van der Waals surface area contributed by atoms with Crippen LogP contribution < -0.4 is 10.5 Å². The van der Waals surface area contributed by atoms with Crippen LogP contribution in [0.4, 0.5) is 11.5 Å². The number of pyridine rings is 1. The highest BCUT2D eigenvalue weighted by Gasteiger charge is 2.20. The van der Waals surface area contributed by atoms with Crippen LogP contribution in [0.5, 0.6) is 0 Å². The van der Waals surface area contributed by atoms with Crippen molar-refractivity contribution >= 4 is 50.4 Å². The molecule has 2 heterocycles. The predicted octanol–water partition coefficient (Wildman–Crippen LogP) is 3.02. The van der Waals surface area contributed by atoms with Crippen molar-refractivity contribution in [1.29, 1.82) is 0 Å². The van der Waals surface area contributed by atoms with Crippen molar-refractivity contribution in [2.24, 2.45) is 0 Å². The number of halogens is 2. The molecule has 2 aromatic heterocycles. The second-order valence-corrected chi connectivity index (χ2v) is 6.90. The van der Waals surface area contributed by atoms with E-state index in [9.17, 15) is 8.42 Å². The van der Waals surface area contributed by atoms with Gasteiger partial charge in [-0.05, 0) is 36.4 Å². The van der Waals surface area contributed by atoms with E-state index in [-0.39, 0.29) is 21.0 Å². The van der Waals surface area contributed by atoms with Crippen molar-refractivity contribution < 1.29 is 8.42 Å². The number of anilines is 2. The number of nitrogens with zero attached hydrogens (tertiary/aromatic N) is 2. The van der Waals surface area contributed by atoms with E-state index < -0.39 is 10.0 Å². The molecule has 0 amide bonds. The molecule has 6 nitrogen and oxygen atoms in total. The highest BCUT2D eigenvalue weighted by molar-refractivity contribution is 7.92. The van der Waals surface area contributed by atoms with E-state index in [2.05, 4.69) is 9.71 Å². The van der Waals surface area contributed by atoms with E-state index in [1.54, 1.807) is 18.2 Å². The van der Waals surface area contributed by atoms with Crippen LogP contribution in [-0.2, 0) is 10.0 Å². The molecule has 0 radical (unpaired) electrons. The number of nitrogens with two attached hydrogens (primary N) is 1. The number of hydrogen-bond donors (Lipinski definition) is 2. The van der Waals surface area contributed by atoms with E-state index in [0.29, 0.717) is 11.3 Å². The Morgan fingerprint density at radius 2 is 1.77 bits per heavy atom. The van der Waals surface area contributed by atoms with E-state index >= 15 is 0 Å². The lowest BCUT2D eigenvalue weighted by Gasteiger charge is -2.09. The largest absolute Gasteiger partial charge is 0.399 e. The first-order chi connectivity index (χ1) is 10.4. The summed E-state index contributed by atoms with van der Waals surface area (Å²) in [7, 11) is -3.84. The molecule has 22 heavy (non-hydrogen) atoms. The third-order valence-electron chi connectivity index (χ3n) is 2.97. The fourth-order valence-corrected chi connectivity index (χ4v) is 3.52. The summed E-state index contributed by atoms with van der Waals surface area (Å²) in [5.74, 6) is 0.0825. The minimum atomic E-state index is -3.84. The monoisotopic (exact) mass is 356 g/mol. The van der Waals surface area contributed by atoms with E-state index in [1.807, 2.05) is 0 Å². The molecule has 114 valence electrons. The van der Waals surface area contributed by atoms with Crippen molar-refractivity contribution in [3.8, 4) is 0 Å². The van der Waals surface area contributed by atoms with Gasteiger partial charge in [0.2, 0.25) is 0 Å². The summed E-state index contributed by atoms with van der Waals surface area (Å²) in [5, 5.41) is 0.291. The quantitative estimate of drug-likeness (QED) is 0.557. The number of benzene rings is 1. The maximum Gasteiger partial charge on any atom is 0.263 e. The summed E-state index contributed by atoms with van der Waals surface area (Å²) >= 11 is 12.1. The molecule has 3 N–H and O–H groups in total. The SMILES string of the molecule is Nc1ccc(S(=O)(=O)Nc2c(Cl)nc3cccc(Cl)n23)cc1. The fraction of sp³-hybridized carbons (Fsp3) is 0. The molecule has 0 saturated carbocycles. The third-order valence-corrected chi connectivity index (χ3v) is 4.89. The third kappa shape index (κ3) is 2.58. The highest BCUT2D eigenvalue weighted by Crippen LogP contribution is 2.28. The molecule has 0 unspecified atom stereocenters. The Bertz CT molecular complexity index is 952. The zero-order valence-electron chi connectivity index (χ0n) is 11.0. The highest BCUT2D eigenvalue weighted by atomic mass is 35.5. The van der Waals surface area contributed by atoms with Crippen LogP contribution in [0.1, 0.15) is 0 Å². The van der Waals surface area contributed by atoms with Crippen LogP contribution in [0, 0.1) is 0 Å². The van der Waals surface area contributed by atoms with Crippen LogP contribution in [0.2, 0.25) is 10.3 Å². The summed E-state index contributed by atoms with van der Waals surface area (Å²) < 4.78 is 28.7. The number of nitrogen functional groups attached to an aromatic ring is 1. The Kier molecular flexibility index (Phi) is 3.64. The first-order valence-corrected chi connectivity index (χ1v) is 8.33. The minimum absolute atomic E-state index is 0.00659. The van der Waals surface area contributed by atoms with Crippen LogP contribution in [0.3, 0.4) is 0 Å². The lowest BCUT2D eigenvalue weighted by Crippen LogP contribution is -2.14. The first kappa shape index (κ1) is 15.0. The molecule has 0 aliphatic rings. The molecule has 9 heteroatoms. The molecule has 0 bridgehead atoms. The lowest BCUT2D eigenvalue weighted by atomic mass is 10.3. The fourth-order valence-electron chi connectivity index (χ4n) is 1.95. The molecule has 1 aromatic carbocycles. The van der Waals surface area contributed by atoms with Crippen LogP contribution in [0.25, 0.3) is 5.65 Å². The standard InChI is InChI=1S/C13H10Cl2N4O2S/c14-10-2-1-3-11-17-12(15)13(19(10)11)18-22(20,21)9-6-4-8(16)5-7-9/h1-7,18H,16H2. The number of rotatable bonds is 3. The number of hydrogen-bond acceptors (Lipinski definition) is 4. The molecule has 0 saturated heterocycles. The van der Waals surface area contributed by atoms with Crippen molar-refractivity contribution in [3.63, 3.8) is 0 Å². The molecule has 0 spiro atoms. The van der Waals surface area contributed by atoms with Gasteiger partial charge in [0.25, 0.3) is 10.0 Å². The van der Waals surface area contributed by atoms with E-state index in [0.717, 1.165) is 0 Å². The predicted molar refractivity (Wildman–Crippen MR) is 86.9 cm³/mol. The number of imidazole rings is 1. The summed E-state index contributed by atoms with van der Waals surface area (Å²) in [6, 6.07) is 10.8. The van der Waals surface area contributed by atoms with Gasteiger partial charge in [-0.3, -0.25) is 9.12 Å². The molecule has 3 rings (SSSR count). The van der Waals surface area contributed by atoms with E-state index in [4.69, 9.17) is 28.9 Å². The zero-order chi connectivity index (χ0) is 15.9. The molecule has 0 atom stereocenters. The summed E-state index contributed by atoms with van der Waals surface area (Å²) in [6.45, 7) is 0. The average molecular weight is 357 g/mol. The maximum absolute atomic E-state index is 12.4. The molecular weight excluding hydrogens is 347 g/mol. The molecular formula is C13H10Cl2N4O2S. The minimum Gasteiger partial charge on any atom is -0.399 e. The van der Waals surface area contributed by atoms with Gasteiger partial charge in [-0.15, -0.1) is 0 Å². The number of fused-ring (bicyclic) bond motifs is 1. The topological polar surface area (TPSA) is 89.5 Å². The average Bonchev–Trinajstić information content (AvgIpc) is 2.76. The van der Waals surface area contributed by atoms with Gasteiger partial charge in [0, 0.05) is 5.69 Å². The van der Waals surface area contributed by atoms with Crippen molar-refractivity contribution in [2.45, 2.75) is 4.90 Å². The summed E-state index contributed by atoms with van der Waals surface area (Å²) in [4.78, 5) is 4.12. The Morgan fingerprint density at radius 1 is 1.09 bits per heavy atom. The maximum atomic E-state index is 12.4. The van der Waals surface area contributed by atoms with Gasteiger partial charge in [0.05, 0.1) is 4.90 Å². The van der Waals surface area contributed by atoms with Gasteiger partial charge in [0.15, 0.2) is 11.0 Å². The normalized spacial score (nSPS) is 11.7. The van der Waals surface area contributed by atoms with Crippen molar-refractivity contribution in [3.05, 3.63) is 52.8 Å². The lowest BCUT2D eigenvalue weighted by molar-refractivity contribution is 0.601. The second kappa shape index (κ2) is 5.35. The van der Waals surface area contributed by atoms with Gasteiger partial charge in [-0.1, -0.05) is 29.3 Å². The summed E-state index contributed by atoms with van der Waals surface area (Å²) in [6.07, 6.45) is 0. The number of sulfonamides is 1. The van der Waals surface area contributed by atoms with Crippen LogP contribution >= 0.6 is 23.2 Å². The molecule has 0 aliphatic carbocycles. The number of nitrogens with one attached hydrogen (secondary N) is 1. The van der Waals surface area contributed by atoms with Crippen molar-refractivity contribution in [2.75, 3.05) is 10.5 Å². The first-order valence-electron chi connectivity index (χ1n) is 6.09. The second-order valence-electron chi connectivity index (χ2n) is 4.47. The van der Waals surface area contributed by atoms with Crippen LogP contribution in [-0.4, -0.2) is 17.8 Å². The Morgan fingerprint density at radius 3 is 2.45 bits per heavy atom.